The molecular weight excluding hydrogens is 328 g/mol. The molecule has 0 N–H and O–H groups in total. The van der Waals surface area contributed by atoms with Crippen LogP contribution in [0.2, 0.25) is 0 Å². The minimum Gasteiger partial charge on any atom is -0.497 e. The molecule has 0 spiro atoms. The van der Waals surface area contributed by atoms with Crippen LogP contribution in [-0.4, -0.2) is 7.11 Å². The van der Waals surface area contributed by atoms with Gasteiger partial charge in [0.2, 0.25) is 0 Å². The average molecular weight is 355 g/mol. The van der Waals surface area contributed by atoms with E-state index in [0.29, 0.717) is 5.92 Å². The van der Waals surface area contributed by atoms with Crippen molar-refractivity contribution in [2.24, 2.45) is 11.8 Å². The molecule has 25 heavy (non-hydrogen) atoms. The standard InChI is InChI=1S/C23H27ClO/c1-25-23-14-12-22(13-15-23)21-10-8-19(9-11-21)3-2-18-4-6-20(7-5-18)16-17-24/h8-18,20H,2-7H2,1H3/b17-16+/t18-,20-. The van der Waals surface area contributed by atoms with Gasteiger partial charge in [-0.1, -0.05) is 54.1 Å². The van der Waals surface area contributed by atoms with Gasteiger partial charge in [0, 0.05) is 5.54 Å². The van der Waals surface area contributed by atoms with Crippen LogP contribution >= 0.6 is 11.6 Å². The van der Waals surface area contributed by atoms with E-state index in [-0.39, 0.29) is 0 Å². The molecule has 1 saturated carbocycles. The molecule has 2 heteroatoms. The molecule has 2 aromatic carbocycles. The zero-order chi connectivity index (χ0) is 17.5. The molecule has 0 aliphatic heterocycles. The summed E-state index contributed by atoms with van der Waals surface area (Å²) in [6, 6.07) is 17.3. The van der Waals surface area contributed by atoms with E-state index in [2.05, 4.69) is 42.5 Å². The minimum atomic E-state index is 0.706. The number of rotatable bonds is 6. The van der Waals surface area contributed by atoms with Crippen molar-refractivity contribution in [3.05, 3.63) is 65.7 Å². The molecule has 1 fully saturated rings. The first-order valence-electron chi connectivity index (χ1n) is 9.28. The molecule has 0 atom stereocenters. The van der Waals surface area contributed by atoms with E-state index in [1.165, 1.54) is 55.2 Å². The van der Waals surface area contributed by atoms with Crippen molar-refractivity contribution in [3.8, 4) is 16.9 Å². The number of allylic oxidation sites excluding steroid dienone is 1. The molecule has 0 amide bonds. The predicted molar refractivity (Wildman–Crippen MR) is 107 cm³/mol. The van der Waals surface area contributed by atoms with E-state index in [9.17, 15) is 0 Å². The summed E-state index contributed by atoms with van der Waals surface area (Å²) in [4.78, 5) is 0. The lowest BCUT2D eigenvalue weighted by Gasteiger charge is -2.26. The molecule has 0 saturated heterocycles. The van der Waals surface area contributed by atoms with Gasteiger partial charge in [-0.05, 0) is 79.2 Å². The normalized spacial score (nSPS) is 20.7. The van der Waals surface area contributed by atoms with Gasteiger partial charge in [-0.2, -0.15) is 0 Å². The van der Waals surface area contributed by atoms with Gasteiger partial charge in [-0.3, -0.25) is 0 Å². The quantitative estimate of drug-likeness (QED) is 0.551. The lowest BCUT2D eigenvalue weighted by molar-refractivity contribution is 0.296. The second-order valence-electron chi connectivity index (χ2n) is 7.06. The fourth-order valence-electron chi connectivity index (χ4n) is 3.79. The molecule has 1 aliphatic rings. The van der Waals surface area contributed by atoms with E-state index in [4.69, 9.17) is 16.3 Å². The third kappa shape index (κ3) is 5.12. The van der Waals surface area contributed by atoms with Gasteiger partial charge in [-0.15, -0.1) is 0 Å². The molecule has 132 valence electrons. The van der Waals surface area contributed by atoms with Gasteiger partial charge >= 0.3 is 0 Å². The third-order valence-corrected chi connectivity index (χ3v) is 5.60. The first-order valence-corrected chi connectivity index (χ1v) is 9.72. The molecule has 3 rings (SSSR count). The van der Waals surface area contributed by atoms with Crippen molar-refractivity contribution >= 4 is 11.6 Å². The summed E-state index contributed by atoms with van der Waals surface area (Å²) < 4.78 is 5.22. The molecule has 1 nitrogen and oxygen atoms in total. The van der Waals surface area contributed by atoms with Crippen LogP contribution in [0, 0.1) is 11.8 Å². The number of benzene rings is 2. The highest BCUT2D eigenvalue weighted by Gasteiger charge is 2.19. The van der Waals surface area contributed by atoms with Crippen LogP contribution in [0.15, 0.2) is 60.1 Å². The maximum absolute atomic E-state index is 5.70. The predicted octanol–water partition coefficient (Wildman–Crippen LogP) is 6.85. The van der Waals surface area contributed by atoms with Crippen LogP contribution in [0.5, 0.6) is 5.75 Å². The molecular formula is C23H27ClO. The summed E-state index contributed by atoms with van der Waals surface area (Å²) in [6.45, 7) is 0. The molecule has 0 unspecified atom stereocenters. The van der Waals surface area contributed by atoms with Crippen LogP contribution < -0.4 is 4.74 Å². The van der Waals surface area contributed by atoms with Gasteiger partial charge in [-0.25, -0.2) is 0 Å². The topological polar surface area (TPSA) is 9.23 Å². The Bertz CT molecular complexity index is 664. The zero-order valence-electron chi connectivity index (χ0n) is 15.0. The number of ether oxygens (including phenoxy) is 1. The lowest BCUT2D eigenvalue weighted by Crippen LogP contribution is -2.13. The van der Waals surface area contributed by atoms with E-state index in [1.54, 1.807) is 12.6 Å². The van der Waals surface area contributed by atoms with Gasteiger partial charge in [0.05, 0.1) is 7.11 Å². The van der Waals surface area contributed by atoms with E-state index in [0.717, 1.165) is 11.7 Å². The van der Waals surface area contributed by atoms with E-state index >= 15 is 0 Å². The average Bonchev–Trinajstić information content (AvgIpc) is 2.68. The summed E-state index contributed by atoms with van der Waals surface area (Å²) in [5.41, 5.74) is 5.63. The summed E-state index contributed by atoms with van der Waals surface area (Å²) >= 11 is 5.70. The first-order chi connectivity index (χ1) is 12.3. The Morgan fingerprint density at radius 2 is 1.52 bits per heavy atom. The van der Waals surface area contributed by atoms with Crippen molar-refractivity contribution in [1.82, 2.24) is 0 Å². The highest BCUT2D eigenvalue weighted by molar-refractivity contribution is 6.25. The summed E-state index contributed by atoms with van der Waals surface area (Å²) in [6.07, 6.45) is 9.93. The Balaban J connectivity index is 1.51. The van der Waals surface area contributed by atoms with Gasteiger partial charge in [0.15, 0.2) is 0 Å². The second-order valence-corrected chi connectivity index (χ2v) is 7.32. The number of hydrogen-bond donors (Lipinski definition) is 0. The van der Waals surface area contributed by atoms with Crippen molar-refractivity contribution in [1.29, 1.82) is 0 Å². The SMILES string of the molecule is COc1ccc(-c2ccc(CC[C@H]3CC[C@H](/C=C/Cl)CC3)cc2)cc1. The Morgan fingerprint density at radius 1 is 0.920 bits per heavy atom. The largest absolute Gasteiger partial charge is 0.497 e. The molecule has 0 heterocycles. The molecule has 0 aromatic heterocycles. The van der Waals surface area contributed by atoms with Crippen molar-refractivity contribution in [2.45, 2.75) is 38.5 Å². The van der Waals surface area contributed by atoms with Gasteiger partial charge < -0.3 is 4.74 Å². The first kappa shape index (κ1) is 18.1. The van der Waals surface area contributed by atoms with Crippen molar-refractivity contribution < 1.29 is 4.74 Å². The van der Waals surface area contributed by atoms with Crippen LogP contribution in [-0.2, 0) is 6.42 Å². The summed E-state index contributed by atoms with van der Waals surface area (Å²) in [5.74, 6) is 2.48. The monoisotopic (exact) mass is 354 g/mol. The van der Waals surface area contributed by atoms with Crippen molar-refractivity contribution in [2.75, 3.05) is 7.11 Å². The van der Waals surface area contributed by atoms with Crippen LogP contribution in [0.3, 0.4) is 0 Å². The Hall–Kier alpha value is -1.73. The fourth-order valence-corrected chi connectivity index (χ4v) is 4.00. The number of aryl methyl sites for hydroxylation is 1. The number of halogens is 1. The highest BCUT2D eigenvalue weighted by Crippen LogP contribution is 2.32. The Labute approximate surface area is 156 Å². The Morgan fingerprint density at radius 3 is 2.08 bits per heavy atom. The highest BCUT2D eigenvalue weighted by atomic mass is 35.5. The van der Waals surface area contributed by atoms with Crippen LogP contribution in [0.25, 0.3) is 11.1 Å². The number of hydrogen-bond acceptors (Lipinski definition) is 1. The van der Waals surface area contributed by atoms with Crippen LogP contribution in [0.4, 0.5) is 0 Å². The smallest absolute Gasteiger partial charge is 0.118 e. The molecule has 0 bridgehead atoms. The summed E-state index contributed by atoms with van der Waals surface area (Å²) in [7, 11) is 1.70. The van der Waals surface area contributed by atoms with E-state index in [1.807, 2.05) is 12.1 Å². The summed E-state index contributed by atoms with van der Waals surface area (Å²) in [5, 5.41) is 0. The van der Waals surface area contributed by atoms with Crippen LogP contribution in [0.1, 0.15) is 37.7 Å². The third-order valence-electron chi connectivity index (χ3n) is 5.45. The number of methoxy groups -OCH3 is 1. The molecule has 1 aliphatic carbocycles. The van der Waals surface area contributed by atoms with Gasteiger partial charge in [0.25, 0.3) is 0 Å². The molecule has 2 aromatic rings. The van der Waals surface area contributed by atoms with Gasteiger partial charge in [0.1, 0.15) is 5.75 Å². The van der Waals surface area contributed by atoms with Crippen molar-refractivity contribution in [3.63, 3.8) is 0 Å². The maximum atomic E-state index is 5.70. The molecule has 0 radical (unpaired) electrons. The second kappa shape index (κ2) is 9.10. The maximum Gasteiger partial charge on any atom is 0.118 e. The van der Waals surface area contributed by atoms with E-state index < -0.39 is 0 Å². The Kier molecular flexibility index (Phi) is 6.58. The fraction of sp³-hybridized carbons (Fsp3) is 0.391. The lowest BCUT2D eigenvalue weighted by atomic mass is 9.79. The minimum absolute atomic E-state index is 0.706. The zero-order valence-corrected chi connectivity index (χ0v) is 15.7.